The summed E-state index contributed by atoms with van der Waals surface area (Å²) in [6.07, 6.45) is 0.138. The molecule has 0 radical (unpaired) electrons. The van der Waals surface area contributed by atoms with Crippen LogP contribution in [0.3, 0.4) is 0 Å². The van der Waals surface area contributed by atoms with E-state index in [0.29, 0.717) is 19.3 Å². The van der Waals surface area contributed by atoms with Crippen LogP contribution in [-0.2, 0) is 4.43 Å². The van der Waals surface area contributed by atoms with Gasteiger partial charge in [0, 0.05) is 6.42 Å². The molecule has 0 unspecified atom stereocenters. The van der Waals surface area contributed by atoms with E-state index in [1.165, 1.54) is 0 Å². The van der Waals surface area contributed by atoms with Crippen LogP contribution in [0.1, 0.15) is 40.0 Å². The molecule has 0 heterocycles. The number of amides is 1. The van der Waals surface area contributed by atoms with Gasteiger partial charge in [-0.2, -0.15) is 0 Å². The highest BCUT2D eigenvalue weighted by atomic mass is 28.4. The molecule has 1 rings (SSSR count). The first-order valence-electron chi connectivity index (χ1n) is 6.88. The van der Waals surface area contributed by atoms with Crippen molar-refractivity contribution < 1.29 is 19.4 Å². The average Bonchev–Trinajstić information content (AvgIpc) is 2.19. The van der Waals surface area contributed by atoms with Crippen LogP contribution in [0.5, 0.6) is 0 Å². The normalized spacial score (nSPS) is 29.1. The highest BCUT2D eigenvalue weighted by molar-refractivity contribution is 6.74. The van der Waals surface area contributed by atoms with Crippen LogP contribution in [0, 0.1) is 0 Å². The summed E-state index contributed by atoms with van der Waals surface area (Å²) in [7, 11) is -1.96. The molecule has 3 N–H and O–H groups in total. The van der Waals surface area contributed by atoms with Gasteiger partial charge in [0.05, 0.1) is 18.2 Å². The Balaban J connectivity index is 2.77. The van der Waals surface area contributed by atoms with Crippen molar-refractivity contribution >= 4 is 14.4 Å². The van der Waals surface area contributed by atoms with E-state index < -0.39 is 14.4 Å². The molecule has 0 aromatic heterocycles. The van der Waals surface area contributed by atoms with E-state index >= 15 is 0 Å². The number of carbonyl (C=O) groups is 1. The fourth-order valence-electron chi connectivity index (χ4n) is 2.12. The lowest BCUT2D eigenvalue weighted by atomic mass is 9.90. The van der Waals surface area contributed by atoms with Gasteiger partial charge in [0.15, 0.2) is 8.32 Å². The van der Waals surface area contributed by atoms with Crippen molar-refractivity contribution in [1.29, 1.82) is 0 Å². The van der Waals surface area contributed by atoms with Gasteiger partial charge in [-0.15, -0.1) is 0 Å². The van der Waals surface area contributed by atoms with E-state index in [2.05, 4.69) is 39.2 Å². The second kappa shape index (κ2) is 5.81. The third-order valence-corrected chi connectivity index (χ3v) is 8.83. The molecule has 19 heavy (non-hydrogen) atoms. The topological polar surface area (TPSA) is 78.8 Å². The molecule has 1 saturated carbocycles. The third-order valence-electron chi connectivity index (χ3n) is 4.33. The van der Waals surface area contributed by atoms with Gasteiger partial charge in [-0.25, -0.2) is 4.79 Å². The zero-order valence-corrected chi connectivity index (χ0v) is 13.6. The van der Waals surface area contributed by atoms with E-state index in [0.717, 1.165) is 0 Å². The molecule has 0 spiro atoms. The molecule has 1 fully saturated rings. The quantitative estimate of drug-likeness (QED) is 0.698. The van der Waals surface area contributed by atoms with E-state index in [1.807, 2.05) is 0 Å². The van der Waals surface area contributed by atoms with Crippen LogP contribution >= 0.6 is 0 Å². The molecule has 1 aliphatic carbocycles. The summed E-state index contributed by atoms with van der Waals surface area (Å²) >= 11 is 0. The van der Waals surface area contributed by atoms with Crippen molar-refractivity contribution in [3.05, 3.63) is 0 Å². The first kappa shape index (κ1) is 16.5. The van der Waals surface area contributed by atoms with Gasteiger partial charge < -0.3 is 20.0 Å². The largest absolute Gasteiger partial charge is 0.465 e. The lowest BCUT2D eigenvalue weighted by molar-refractivity contribution is 0.0241. The summed E-state index contributed by atoms with van der Waals surface area (Å²) in [5.41, 5.74) is 0. The standard InChI is InChI=1S/C13H27NO4Si/c1-13(2,3)19(4,5)18-11-8-9(15)6-7-10(11)14-12(16)17/h9-11,14-15H,6-8H2,1-5H3,(H,16,17)/t9-,10+,11-/m0/s1. The summed E-state index contributed by atoms with van der Waals surface area (Å²) in [4.78, 5) is 10.8. The molecule has 0 aromatic rings. The molecule has 0 bridgehead atoms. The molecule has 0 aromatic carbocycles. The minimum absolute atomic E-state index is 0.0726. The van der Waals surface area contributed by atoms with Gasteiger partial charge in [-0.3, -0.25) is 0 Å². The van der Waals surface area contributed by atoms with E-state index in [4.69, 9.17) is 9.53 Å². The first-order valence-corrected chi connectivity index (χ1v) is 9.79. The maximum atomic E-state index is 10.8. The molecule has 1 amide bonds. The number of carboxylic acid groups (broad SMARTS) is 1. The van der Waals surface area contributed by atoms with Gasteiger partial charge >= 0.3 is 6.09 Å². The highest BCUT2D eigenvalue weighted by Crippen LogP contribution is 2.39. The minimum atomic E-state index is -1.96. The number of nitrogens with one attached hydrogen (secondary N) is 1. The SMILES string of the molecule is CC(C)(C)[Si](C)(C)O[C@H]1C[C@@H](O)CC[C@H]1NC(=O)O. The van der Waals surface area contributed by atoms with E-state index in [1.54, 1.807) is 0 Å². The Bertz CT molecular complexity index is 327. The molecular weight excluding hydrogens is 262 g/mol. The summed E-state index contributed by atoms with van der Waals surface area (Å²) < 4.78 is 6.28. The van der Waals surface area contributed by atoms with Crippen molar-refractivity contribution in [2.75, 3.05) is 0 Å². The average molecular weight is 289 g/mol. The monoisotopic (exact) mass is 289 g/mol. The zero-order chi connectivity index (χ0) is 14.8. The van der Waals surface area contributed by atoms with E-state index in [9.17, 15) is 9.90 Å². The number of hydrogen-bond acceptors (Lipinski definition) is 3. The van der Waals surface area contributed by atoms with Crippen molar-refractivity contribution in [2.24, 2.45) is 0 Å². The van der Waals surface area contributed by atoms with Crippen LogP contribution in [0.15, 0.2) is 0 Å². The molecular formula is C13H27NO4Si. The minimum Gasteiger partial charge on any atom is -0.465 e. The smallest absolute Gasteiger partial charge is 0.404 e. The van der Waals surface area contributed by atoms with Crippen molar-refractivity contribution in [1.82, 2.24) is 5.32 Å². The maximum Gasteiger partial charge on any atom is 0.404 e. The summed E-state index contributed by atoms with van der Waals surface area (Å²) in [6, 6.07) is -0.213. The summed E-state index contributed by atoms with van der Waals surface area (Å²) in [6.45, 7) is 10.7. The van der Waals surface area contributed by atoms with Gasteiger partial charge in [-0.1, -0.05) is 20.8 Å². The fourth-order valence-corrected chi connectivity index (χ4v) is 3.49. The molecule has 3 atom stereocenters. The lowest BCUT2D eigenvalue weighted by Crippen LogP contribution is -2.54. The van der Waals surface area contributed by atoms with Crippen LogP contribution in [0.4, 0.5) is 4.79 Å². The van der Waals surface area contributed by atoms with Crippen molar-refractivity contribution in [3.8, 4) is 0 Å². The highest BCUT2D eigenvalue weighted by Gasteiger charge is 2.42. The van der Waals surface area contributed by atoms with Crippen LogP contribution < -0.4 is 5.32 Å². The molecule has 112 valence electrons. The first-order chi connectivity index (χ1) is 8.53. The second-order valence-electron chi connectivity index (χ2n) is 6.94. The number of aliphatic hydroxyl groups excluding tert-OH is 1. The Labute approximate surface area is 116 Å². The van der Waals surface area contributed by atoms with Gasteiger partial charge in [0.25, 0.3) is 0 Å². The Morgan fingerprint density at radius 2 is 1.89 bits per heavy atom. The van der Waals surface area contributed by atoms with Crippen molar-refractivity contribution in [3.63, 3.8) is 0 Å². The van der Waals surface area contributed by atoms with Crippen LogP contribution in [-0.4, -0.2) is 42.9 Å². The lowest BCUT2D eigenvalue weighted by Gasteiger charge is -2.43. The Morgan fingerprint density at radius 3 is 2.37 bits per heavy atom. The maximum absolute atomic E-state index is 10.8. The molecule has 0 aliphatic heterocycles. The Hall–Kier alpha value is -0.593. The molecule has 5 nitrogen and oxygen atoms in total. The van der Waals surface area contributed by atoms with Crippen molar-refractivity contribution in [2.45, 2.75) is 76.4 Å². The van der Waals surface area contributed by atoms with Gasteiger partial charge in [0.2, 0.25) is 0 Å². The third kappa shape index (κ3) is 4.47. The Kier molecular flexibility index (Phi) is 5.03. The van der Waals surface area contributed by atoms with Crippen LogP contribution in [0.2, 0.25) is 18.1 Å². The predicted molar refractivity (Wildman–Crippen MR) is 76.9 cm³/mol. The Morgan fingerprint density at radius 1 is 1.32 bits per heavy atom. The number of hydrogen-bond donors (Lipinski definition) is 3. The number of rotatable bonds is 3. The molecule has 0 saturated heterocycles. The number of aliphatic hydroxyl groups is 1. The summed E-state index contributed by atoms with van der Waals surface area (Å²) in [5.74, 6) is 0. The van der Waals surface area contributed by atoms with Gasteiger partial charge in [0.1, 0.15) is 0 Å². The predicted octanol–water partition coefficient (Wildman–Crippen LogP) is 2.56. The fraction of sp³-hybridized carbons (Fsp3) is 0.923. The summed E-state index contributed by atoms with van der Waals surface area (Å²) in [5, 5.41) is 21.3. The van der Waals surface area contributed by atoms with Crippen LogP contribution in [0.25, 0.3) is 0 Å². The molecule has 6 heteroatoms. The molecule has 1 aliphatic rings. The van der Waals surface area contributed by atoms with E-state index in [-0.39, 0.29) is 23.3 Å². The second-order valence-corrected chi connectivity index (χ2v) is 11.7. The van der Waals surface area contributed by atoms with Gasteiger partial charge in [-0.05, 0) is 31.0 Å². The zero-order valence-electron chi connectivity index (χ0n) is 12.6.